The number of aromatic nitrogens is 1. The van der Waals surface area contributed by atoms with Gasteiger partial charge >= 0.3 is 0 Å². The van der Waals surface area contributed by atoms with E-state index in [0.717, 1.165) is 18.8 Å². The van der Waals surface area contributed by atoms with Crippen molar-refractivity contribution >= 4 is 21.6 Å². The van der Waals surface area contributed by atoms with Gasteiger partial charge in [-0.1, -0.05) is 0 Å². The van der Waals surface area contributed by atoms with Gasteiger partial charge < -0.3 is 9.47 Å². The summed E-state index contributed by atoms with van der Waals surface area (Å²) in [6, 6.07) is 1.89. The molecule has 1 fully saturated rings. The van der Waals surface area contributed by atoms with Crippen LogP contribution in [0.5, 0.6) is 0 Å². The van der Waals surface area contributed by atoms with E-state index in [1.807, 2.05) is 25.5 Å². The fourth-order valence-electron chi connectivity index (χ4n) is 2.40. The highest BCUT2D eigenvalue weighted by molar-refractivity contribution is 7.89. The van der Waals surface area contributed by atoms with E-state index in [1.54, 1.807) is 16.6 Å². The van der Waals surface area contributed by atoms with Crippen LogP contribution in [0.3, 0.4) is 0 Å². The topological polar surface area (TPSA) is 45.6 Å². The standard InChI is InChI=1S/C13H22ClN3O2S/c1-11(2)17-10-13(8-12(17)9-14)20(18,19)16-6-4-15(3)5-7-16/h8,10-11H,4-7,9H2,1-3H3. The number of nitrogens with zero attached hydrogens (tertiary/aromatic N) is 3. The summed E-state index contributed by atoms with van der Waals surface area (Å²) >= 11 is 5.91. The van der Waals surface area contributed by atoms with Crippen molar-refractivity contribution < 1.29 is 8.42 Å². The molecule has 0 aliphatic carbocycles. The van der Waals surface area contributed by atoms with Crippen molar-refractivity contribution in [1.82, 2.24) is 13.8 Å². The van der Waals surface area contributed by atoms with Gasteiger partial charge in [0, 0.05) is 44.1 Å². The zero-order valence-electron chi connectivity index (χ0n) is 12.2. The molecule has 0 spiro atoms. The number of sulfonamides is 1. The van der Waals surface area contributed by atoms with E-state index >= 15 is 0 Å². The summed E-state index contributed by atoms with van der Waals surface area (Å²) in [6.45, 7) is 6.66. The van der Waals surface area contributed by atoms with Gasteiger partial charge in [-0.3, -0.25) is 0 Å². The number of hydrogen-bond acceptors (Lipinski definition) is 3. The number of hydrogen-bond donors (Lipinski definition) is 0. The largest absolute Gasteiger partial charge is 0.346 e. The summed E-state index contributed by atoms with van der Waals surface area (Å²) in [5.41, 5.74) is 0.842. The summed E-state index contributed by atoms with van der Waals surface area (Å²) in [5.74, 6) is 0.316. The maximum absolute atomic E-state index is 12.6. The van der Waals surface area contributed by atoms with Gasteiger partial charge in [-0.2, -0.15) is 4.31 Å². The molecule has 20 heavy (non-hydrogen) atoms. The zero-order valence-corrected chi connectivity index (χ0v) is 13.8. The van der Waals surface area contributed by atoms with Crippen molar-refractivity contribution in [2.75, 3.05) is 33.2 Å². The highest BCUT2D eigenvalue weighted by Gasteiger charge is 2.29. The first-order valence-electron chi connectivity index (χ1n) is 6.81. The van der Waals surface area contributed by atoms with Gasteiger partial charge in [-0.05, 0) is 27.0 Å². The Balaban J connectivity index is 2.30. The quantitative estimate of drug-likeness (QED) is 0.794. The maximum atomic E-state index is 12.6. The summed E-state index contributed by atoms with van der Waals surface area (Å²) in [7, 11) is -1.40. The third-order valence-corrected chi connectivity index (χ3v) is 5.84. The molecule has 5 nitrogen and oxygen atoms in total. The molecule has 1 aliphatic rings. The van der Waals surface area contributed by atoms with Crippen molar-refractivity contribution in [1.29, 1.82) is 0 Å². The van der Waals surface area contributed by atoms with Crippen LogP contribution in [0.4, 0.5) is 0 Å². The molecule has 0 atom stereocenters. The molecule has 7 heteroatoms. The lowest BCUT2D eigenvalue weighted by Crippen LogP contribution is -2.46. The predicted octanol–water partition coefficient (Wildman–Crippen LogP) is 1.74. The minimum atomic E-state index is -3.40. The zero-order chi connectivity index (χ0) is 14.9. The maximum Gasteiger partial charge on any atom is 0.244 e. The predicted molar refractivity (Wildman–Crippen MR) is 80.6 cm³/mol. The van der Waals surface area contributed by atoms with Crippen LogP contribution in [0.1, 0.15) is 25.6 Å². The van der Waals surface area contributed by atoms with Gasteiger partial charge in [0.2, 0.25) is 10.0 Å². The van der Waals surface area contributed by atoms with Crippen LogP contribution >= 0.6 is 11.6 Å². The summed E-state index contributed by atoms with van der Waals surface area (Å²) < 4.78 is 28.8. The first-order valence-corrected chi connectivity index (χ1v) is 8.79. The van der Waals surface area contributed by atoms with Crippen molar-refractivity contribution in [2.24, 2.45) is 0 Å². The molecule has 1 aliphatic heterocycles. The second-order valence-corrected chi connectivity index (χ2v) is 7.71. The lowest BCUT2D eigenvalue weighted by Gasteiger charge is -2.31. The Hall–Kier alpha value is -0.560. The van der Waals surface area contributed by atoms with E-state index in [0.29, 0.717) is 23.9 Å². The Morgan fingerprint density at radius 1 is 1.25 bits per heavy atom. The molecule has 0 amide bonds. The Morgan fingerprint density at radius 3 is 2.30 bits per heavy atom. The van der Waals surface area contributed by atoms with Crippen molar-refractivity contribution in [2.45, 2.75) is 30.7 Å². The lowest BCUT2D eigenvalue weighted by molar-refractivity contribution is 0.222. The molecule has 114 valence electrons. The molecule has 2 heterocycles. The van der Waals surface area contributed by atoms with Gasteiger partial charge in [0.1, 0.15) is 4.90 Å². The fourth-order valence-corrected chi connectivity index (χ4v) is 4.09. The number of rotatable bonds is 4. The minimum Gasteiger partial charge on any atom is -0.346 e. The molecule has 0 radical (unpaired) electrons. The van der Waals surface area contributed by atoms with E-state index < -0.39 is 10.0 Å². The van der Waals surface area contributed by atoms with Gasteiger partial charge in [0.25, 0.3) is 0 Å². The molecule has 1 saturated heterocycles. The van der Waals surface area contributed by atoms with Gasteiger partial charge in [0.15, 0.2) is 0 Å². The van der Waals surface area contributed by atoms with Crippen LogP contribution in [-0.2, 0) is 15.9 Å². The molecule has 0 bridgehead atoms. The first-order chi connectivity index (χ1) is 9.36. The molecule has 0 N–H and O–H groups in total. The molecule has 0 unspecified atom stereocenters. The van der Waals surface area contributed by atoms with Gasteiger partial charge in [-0.25, -0.2) is 8.42 Å². The summed E-state index contributed by atoms with van der Waals surface area (Å²) in [5, 5.41) is 0. The Kier molecular flexibility index (Phi) is 4.79. The third-order valence-electron chi connectivity index (χ3n) is 3.70. The van der Waals surface area contributed by atoms with Crippen LogP contribution in [-0.4, -0.2) is 55.4 Å². The molecule has 0 saturated carbocycles. The van der Waals surface area contributed by atoms with Gasteiger partial charge in [-0.15, -0.1) is 11.6 Å². The minimum absolute atomic E-state index is 0.195. The van der Waals surface area contributed by atoms with Crippen LogP contribution in [0.2, 0.25) is 0 Å². The van der Waals surface area contributed by atoms with Crippen LogP contribution in [0.25, 0.3) is 0 Å². The Morgan fingerprint density at radius 2 is 1.85 bits per heavy atom. The normalized spacial score (nSPS) is 18.9. The van der Waals surface area contributed by atoms with Crippen LogP contribution < -0.4 is 0 Å². The monoisotopic (exact) mass is 319 g/mol. The molecule has 1 aromatic heterocycles. The van der Waals surface area contributed by atoms with E-state index in [9.17, 15) is 8.42 Å². The van der Waals surface area contributed by atoms with Gasteiger partial charge in [0.05, 0.1) is 5.88 Å². The lowest BCUT2D eigenvalue weighted by atomic mass is 10.4. The highest BCUT2D eigenvalue weighted by Crippen LogP contribution is 2.23. The number of halogens is 1. The van der Waals surface area contributed by atoms with Crippen molar-refractivity contribution in [3.05, 3.63) is 18.0 Å². The number of likely N-dealkylation sites (N-methyl/N-ethyl adjacent to an activating group) is 1. The fraction of sp³-hybridized carbons (Fsp3) is 0.692. The Labute approximate surface area is 126 Å². The molecular formula is C13H22ClN3O2S. The molecular weight excluding hydrogens is 298 g/mol. The SMILES string of the molecule is CC(C)n1cc(S(=O)(=O)N2CCN(C)CC2)cc1CCl. The summed E-state index contributed by atoms with van der Waals surface area (Å²) in [6.07, 6.45) is 1.70. The Bertz CT molecular complexity index is 560. The molecule has 2 rings (SSSR count). The van der Waals surface area contributed by atoms with Crippen molar-refractivity contribution in [3.63, 3.8) is 0 Å². The third kappa shape index (κ3) is 3.03. The summed E-state index contributed by atoms with van der Waals surface area (Å²) in [4.78, 5) is 2.49. The van der Waals surface area contributed by atoms with Crippen LogP contribution in [0.15, 0.2) is 17.2 Å². The van der Waals surface area contributed by atoms with Crippen LogP contribution in [0, 0.1) is 0 Å². The average Bonchev–Trinajstić information content (AvgIpc) is 2.84. The highest BCUT2D eigenvalue weighted by atomic mass is 35.5. The number of piperazine rings is 1. The van der Waals surface area contributed by atoms with E-state index in [1.165, 1.54) is 0 Å². The molecule has 0 aromatic carbocycles. The second kappa shape index (κ2) is 6.05. The van der Waals surface area contributed by atoms with E-state index in [4.69, 9.17) is 11.6 Å². The molecule has 1 aromatic rings. The number of alkyl halides is 1. The first kappa shape index (κ1) is 15.8. The van der Waals surface area contributed by atoms with Crippen molar-refractivity contribution in [3.8, 4) is 0 Å². The van der Waals surface area contributed by atoms with E-state index in [-0.39, 0.29) is 6.04 Å². The van der Waals surface area contributed by atoms with E-state index in [2.05, 4.69) is 4.90 Å². The average molecular weight is 320 g/mol. The second-order valence-electron chi connectivity index (χ2n) is 5.51. The smallest absolute Gasteiger partial charge is 0.244 e.